The standard InChI is InChI=1S/C14H15FN2O2S/c1-9-3-10(2)5-13(4-9)17-20(18,19)14-7-11(15)6-12(16)8-14/h3-8,17H,16H2,1-2H3. The van der Waals surface area contributed by atoms with E-state index in [1.807, 2.05) is 19.9 Å². The number of aryl methyl sites for hydroxylation is 2. The van der Waals surface area contributed by atoms with Crippen molar-refractivity contribution in [1.29, 1.82) is 0 Å². The van der Waals surface area contributed by atoms with Crippen molar-refractivity contribution in [3.8, 4) is 0 Å². The molecule has 0 aliphatic heterocycles. The van der Waals surface area contributed by atoms with Crippen molar-refractivity contribution in [2.45, 2.75) is 18.7 Å². The van der Waals surface area contributed by atoms with Crippen LogP contribution in [0, 0.1) is 19.7 Å². The van der Waals surface area contributed by atoms with Gasteiger partial charge in [-0.1, -0.05) is 6.07 Å². The number of nitrogens with one attached hydrogen (secondary N) is 1. The van der Waals surface area contributed by atoms with E-state index in [1.165, 1.54) is 6.07 Å². The van der Waals surface area contributed by atoms with E-state index in [0.717, 1.165) is 23.3 Å². The van der Waals surface area contributed by atoms with Crippen molar-refractivity contribution in [2.75, 3.05) is 10.5 Å². The topological polar surface area (TPSA) is 72.2 Å². The Kier molecular flexibility index (Phi) is 3.67. The highest BCUT2D eigenvalue weighted by Gasteiger charge is 2.16. The van der Waals surface area contributed by atoms with Crippen molar-refractivity contribution in [2.24, 2.45) is 0 Å². The molecule has 6 heteroatoms. The highest BCUT2D eigenvalue weighted by atomic mass is 32.2. The minimum absolute atomic E-state index is 0.0609. The van der Waals surface area contributed by atoms with Crippen LogP contribution in [0.4, 0.5) is 15.8 Å². The van der Waals surface area contributed by atoms with E-state index in [4.69, 9.17) is 5.73 Å². The van der Waals surface area contributed by atoms with Gasteiger partial charge in [0.1, 0.15) is 5.82 Å². The molecule has 0 atom stereocenters. The molecule has 0 bridgehead atoms. The number of hydrogen-bond donors (Lipinski definition) is 2. The highest BCUT2D eigenvalue weighted by molar-refractivity contribution is 7.92. The third kappa shape index (κ3) is 3.27. The maximum atomic E-state index is 13.3. The zero-order valence-electron chi connectivity index (χ0n) is 11.1. The van der Waals surface area contributed by atoms with Crippen LogP contribution in [0.1, 0.15) is 11.1 Å². The van der Waals surface area contributed by atoms with Gasteiger partial charge in [-0.2, -0.15) is 0 Å². The molecule has 0 aliphatic rings. The summed E-state index contributed by atoms with van der Waals surface area (Å²) in [5.74, 6) is -0.689. The number of anilines is 2. The number of halogens is 1. The molecule has 0 saturated carbocycles. The van der Waals surface area contributed by atoms with E-state index in [0.29, 0.717) is 5.69 Å². The molecule has 0 heterocycles. The molecule has 20 heavy (non-hydrogen) atoms. The summed E-state index contributed by atoms with van der Waals surface area (Å²) in [7, 11) is -3.86. The smallest absolute Gasteiger partial charge is 0.262 e. The second kappa shape index (κ2) is 5.13. The van der Waals surface area contributed by atoms with Crippen molar-refractivity contribution in [3.63, 3.8) is 0 Å². The fraction of sp³-hybridized carbons (Fsp3) is 0.143. The van der Waals surface area contributed by atoms with Crippen molar-refractivity contribution in [3.05, 3.63) is 53.3 Å². The Balaban J connectivity index is 2.40. The number of hydrogen-bond acceptors (Lipinski definition) is 3. The maximum absolute atomic E-state index is 13.3. The second-order valence-electron chi connectivity index (χ2n) is 4.70. The lowest BCUT2D eigenvalue weighted by Crippen LogP contribution is -2.13. The van der Waals surface area contributed by atoms with Gasteiger partial charge in [0.15, 0.2) is 0 Å². The van der Waals surface area contributed by atoms with Crippen LogP contribution in [-0.4, -0.2) is 8.42 Å². The van der Waals surface area contributed by atoms with Gasteiger partial charge in [-0.05, 0) is 55.3 Å². The fourth-order valence-electron chi connectivity index (χ4n) is 1.99. The van der Waals surface area contributed by atoms with Gasteiger partial charge in [0.2, 0.25) is 0 Å². The van der Waals surface area contributed by atoms with Crippen molar-refractivity contribution >= 4 is 21.4 Å². The number of rotatable bonds is 3. The molecule has 2 aromatic carbocycles. The predicted molar refractivity (Wildman–Crippen MR) is 77.5 cm³/mol. The molecule has 0 aliphatic carbocycles. The van der Waals surface area contributed by atoms with Crippen LogP contribution in [0.2, 0.25) is 0 Å². The first-order valence-electron chi connectivity index (χ1n) is 5.93. The Hall–Kier alpha value is -2.08. The first-order valence-corrected chi connectivity index (χ1v) is 7.42. The number of benzene rings is 2. The number of nitrogens with two attached hydrogens (primary N) is 1. The van der Waals surface area contributed by atoms with Gasteiger partial charge in [0, 0.05) is 11.4 Å². The van der Waals surface area contributed by atoms with Crippen LogP contribution >= 0.6 is 0 Å². The molecule has 0 amide bonds. The molecular weight excluding hydrogens is 279 g/mol. The van der Waals surface area contributed by atoms with Crippen LogP contribution in [0.15, 0.2) is 41.3 Å². The third-order valence-corrected chi connectivity index (χ3v) is 4.04. The van der Waals surface area contributed by atoms with Gasteiger partial charge in [-0.3, -0.25) is 4.72 Å². The molecule has 0 radical (unpaired) electrons. The summed E-state index contributed by atoms with van der Waals surface area (Å²) in [6.45, 7) is 3.73. The van der Waals surface area contributed by atoms with Crippen LogP contribution in [-0.2, 0) is 10.0 Å². The molecule has 2 aromatic rings. The summed E-state index contributed by atoms with van der Waals surface area (Å²) in [5, 5.41) is 0. The summed E-state index contributed by atoms with van der Waals surface area (Å²) in [6, 6.07) is 8.55. The SMILES string of the molecule is Cc1cc(C)cc(NS(=O)(=O)c2cc(N)cc(F)c2)c1. The lowest BCUT2D eigenvalue weighted by atomic mass is 10.1. The van der Waals surface area contributed by atoms with Gasteiger partial charge in [0.25, 0.3) is 10.0 Å². The van der Waals surface area contributed by atoms with Crippen molar-refractivity contribution < 1.29 is 12.8 Å². The van der Waals surface area contributed by atoms with Gasteiger partial charge in [-0.15, -0.1) is 0 Å². The molecular formula is C14H15FN2O2S. The van der Waals surface area contributed by atoms with Crippen LogP contribution in [0.3, 0.4) is 0 Å². The minimum Gasteiger partial charge on any atom is -0.399 e. The minimum atomic E-state index is -3.86. The Bertz CT molecular complexity index is 717. The number of sulfonamides is 1. The van der Waals surface area contributed by atoms with Crippen molar-refractivity contribution in [1.82, 2.24) is 0 Å². The monoisotopic (exact) mass is 294 g/mol. The molecule has 0 fully saturated rings. The molecule has 0 unspecified atom stereocenters. The lowest BCUT2D eigenvalue weighted by molar-refractivity contribution is 0.595. The van der Waals surface area contributed by atoms with E-state index in [1.54, 1.807) is 12.1 Å². The lowest BCUT2D eigenvalue weighted by Gasteiger charge is -2.10. The van der Waals surface area contributed by atoms with E-state index >= 15 is 0 Å². The average Bonchev–Trinajstić information content (AvgIpc) is 2.25. The molecule has 3 N–H and O–H groups in total. The van der Waals surface area contributed by atoms with Crippen LogP contribution in [0.25, 0.3) is 0 Å². The van der Waals surface area contributed by atoms with E-state index < -0.39 is 15.8 Å². The molecule has 2 rings (SSSR count). The van der Waals surface area contributed by atoms with Gasteiger partial charge >= 0.3 is 0 Å². The highest BCUT2D eigenvalue weighted by Crippen LogP contribution is 2.21. The summed E-state index contributed by atoms with van der Waals surface area (Å²) in [4.78, 5) is -0.200. The van der Waals surface area contributed by atoms with E-state index in [-0.39, 0.29) is 10.6 Å². The average molecular weight is 294 g/mol. The predicted octanol–water partition coefficient (Wildman–Crippen LogP) is 2.83. The molecule has 0 aromatic heterocycles. The first-order chi connectivity index (χ1) is 9.26. The first kappa shape index (κ1) is 14.3. The van der Waals surface area contributed by atoms with Gasteiger partial charge < -0.3 is 5.73 Å². The summed E-state index contributed by atoms with van der Waals surface area (Å²) >= 11 is 0. The molecule has 4 nitrogen and oxygen atoms in total. The molecule has 0 spiro atoms. The summed E-state index contributed by atoms with van der Waals surface area (Å²) < 4.78 is 40.1. The Morgan fingerprint density at radius 1 is 1.00 bits per heavy atom. The quantitative estimate of drug-likeness (QED) is 0.855. The summed E-state index contributed by atoms with van der Waals surface area (Å²) in [6.07, 6.45) is 0. The normalized spacial score (nSPS) is 11.3. The summed E-state index contributed by atoms with van der Waals surface area (Å²) in [5.41, 5.74) is 7.83. The van der Waals surface area contributed by atoms with Gasteiger partial charge in [0.05, 0.1) is 4.90 Å². The third-order valence-electron chi connectivity index (χ3n) is 2.68. The Labute approximate surface area is 117 Å². The molecule has 0 saturated heterocycles. The second-order valence-corrected chi connectivity index (χ2v) is 6.38. The zero-order valence-corrected chi connectivity index (χ0v) is 12.0. The maximum Gasteiger partial charge on any atom is 0.262 e. The van der Waals surface area contributed by atoms with Gasteiger partial charge in [-0.25, -0.2) is 12.8 Å². The van der Waals surface area contributed by atoms with E-state index in [2.05, 4.69) is 4.72 Å². The van der Waals surface area contributed by atoms with E-state index in [9.17, 15) is 12.8 Å². The van der Waals surface area contributed by atoms with Crippen LogP contribution in [0.5, 0.6) is 0 Å². The Morgan fingerprint density at radius 3 is 2.15 bits per heavy atom. The van der Waals surface area contributed by atoms with Crippen LogP contribution < -0.4 is 10.5 Å². The number of nitrogen functional groups attached to an aromatic ring is 1. The Morgan fingerprint density at radius 2 is 1.60 bits per heavy atom. The molecule has 106 valence electrons. The fourth-order valence-corrected chi connectivity index (χ4v) is 3.09. The largest absolute Gasteiger partial charge is 0.399 e. The zero-order chi connectivity index (χ0) is 14.9.